The number of carbonyl (C=O) groups excluding carboxylic acids is 3. The molecular formula is C27H42N2O6S2. The number of thioether (sulfide) groups is 2. The minimum atomic E-state index is -0.955. The Morgan fingerprint density at radius 3 is 2.32 bits per heavy atom. The Morgan fingerprint density at radius 1 is 1.08 bits per heavy atom. The molecule has 37 heavy (non-hydrogen) atoms. The summed E-state index contributed by atoms with van der Waals surface area (Å²) in [7, 11) is 1.46. The van der Waals surface area contributed by atoms with Gasteiger partial charge in [-0.1, -0.05) is 24.3 Å². The molecule has 1 unspecified atom stereocenters. The van der Waals surface area contributed by atoms with Crippen LogP contribution in [0.5, 0.6) is 0 Å². The van der Waals surface area contributed by atoms with Gasteiger partial charge in [-0.3, -0.25) is 10.2 Å². The summed E-state index contributed by atoms with van der Waals surface area (Å²) in [6.45, 7) is 11.1. The van der Waals surface area contributed by atoms with Gasteiger partial charge in [0.25, 0.3) is 0 Å². The first kappa shape index (κ1) is 32.9. The van der Waals surface area contributed by atoms with Crippen LogP contribution in [0.3, 0.4) is 0 Å². The summed E-state index contributed by atoms with van der Waals surface area (Å²) < 4.78 is 10.4. The molecule has 2 amide bonds. The topological polar surface area (TPSA) is 105 Å². The van der Waals surface area contributed by atoms with Crippen LogP contribution in [0.2, 0.25) is 0 Å². The van der Waals surface area contributed by atoms with E-state index in [0.717, 1.165) is 33.4 Å². The van der Waals surface area contributed by atoms with Gasteiger partial charge in [-0.25, -0.2) is 14.6 Å². The molecule has 10 heteroatoms. The first-order chi connectivity index (χ1) is 17.3. The molecule has 0 aliphatic carbocycles. The van der Waals surface area contributed by atoms with Crippen molar-refractivity contribution in [3.05, 3.63) is 41.0 Å². The lowest BCUT2D eigenvalue weighted by atomic mass is 9.78. The molecule has 0 aromatic heterocycles. The summed E-state index contributed by atoms with van der Waals surface area (Å²) in [4.78, 5) is 38.1. The van der Waals surface area contributed by atoms with E-state index in [1.54, 1.807) is 64.2 Å². The lowest BCUT2D eigenvalue weighted by molar-refractivity contribution is -0.138. The molecule has 0 spiro atoms. The van der Waals surface area contributed by atoms with E-state index >= 15 is 0 Å². The molecule has 0 radical (unpaired) electrons. The van der Waals surface area contributed by atoms with Gasteiger partial charge in [-0.15, -0.1) is 0 Å². The minimum Gasteiger partial charge on any atom is -0.463 e. The Bertz CT molecular complexity index is 932. The standard InChI is InChI=1S/C27H42N2O6S2/c1-8-34-23(31)20(2)18-21-10-9-11-22(19-21)27(6,12-14-36-16-17-37-15-13-30)24(32)28-29(7)25(33)35-26(3,4)5/h9-11,18-19,30H,8,12-17H2,1-7H3,(H,28,32)/b20-18+. The average Bonchev–Trinajstić information content (AvgIpc) is 2.82. The summed E-state index contributed by atoms with van der Waals surface area (Å²) in [6.07, 6.45) is 1.61. The van der Waals surface area contributed by atoms with Gasteiger partial charge >= 0.3 is 12.1 Å². The summed E-state index contributed by atoms with van der Waals surface area (Å²) in [5.74, 6) is 2.54. The molecule has 208 valence electrons. The predicted molar refractivity (Wildman–Crippen MR) is 153 cm³/mol. The largest absolute Gasteiger partial charge is 0.463 e. The number of aliphatic hydroxyl groups excluding tert-OH is 1. The van der Waals surface area contributed by atoms with Crippen molar-refractivity contribution in [3.63, 3.8) is 0 Å². The fourth-order valence-corrected chi connectivity index (χ4v) is 5.26. The molecule has 0 fully saturated rings. The Balaban J connectivity index is 3.15. The number of esters is 1. The van der Waals surface area contributed by atoms with Crippen molar-refractivity contribution in [2.24, 2.45) is 0 Å². The van der Waals surface area contributed by atoms with Crippen molar-refractivity contribution in [1.29, 1.82) is 0 Å². The predicted octanol–water partition coefficient (Wildman–Crippen LogP) is 4.66. The van der Waals surface area contributed by atoms with Crippen LogP contribution in [0.25, 0.3) is 6.08 Å². The van der Waals surface area contributed by atoms with Crippen LogP contribution in [0.15, 0.2) is 29.8 Å². The zero-order chi connectivity index (χ0) is 28.1. The lowest BCUT2D eigenvalue weighted by Crippen LogP contribution is -2.52. The second-order valence-electron chi connectivity index (χ2n) is 9.68. The summed E-state index contributed by atoms with van der Waals surface area (Å²) >= 11 is 3.43. The van der Waals surface area contributed by atoms with Gasteiger partial charge in [-0.2, -0.15) is 23.5 Å². The molecular weight excluding hydrogens is 512 g/mol. The summed E-state index contributed by atoms with van der Waals surface area (Å²) in [5.41, 5.74) is 3.05. The molecule has 0 heterocycles. The van der Waals surface area contributed by atoms with Crippen LogP contribution in [0.4, 0.5) is 4.79 Å². The zero-order valence-electron chi connectivity index (χ0n) is 23.1. The Hall–Kier alpha value is -2.17. The van der Waals surface area contributed by atoms with Crippen LogP contribution in [-0.2, 0) is 24.5 Å². The number of rotatable bonds is 13. The Kier molecular flexibility index (Phi) is 14.2. The van der Waals surface area contributed by atoms with E-state index in [2.05, 4.69) is 5.43 Å². The average molecular weight is 555 g/mol. The third-order valence-electron chi connectivity index (χ3n) is 5.30. The third kappa shape index (κ3) is 11.8. The molecule has 0 aliphatic rings. The molecule has 0 aliphatic heterocycles. The smallest absolute Gasteiger partial charge is 0.428 e. The SMILES string of the molecule is CCOC(=O)/C(C)=C/c1cccc(C(C)(CCSCCSCCO)C(=O)NN(C)C(=O)OC(C)(C)C)c1. The second kappa shape index (κ2) is 15.9. The van der Waals surface area contributed by atoms with E-state index in [1.807, 2.05) is 31.2 Å². The number of nitrogens with one attached hydrogen (secondary N) is 1. The fraction of sp³-hybridized carbons (Fsp3) is 0.593. The zero-order valence-corrected chi connectivity index (χ0v) is 24.7. The Labute approximate surface area is 229 Å². The van der Waals surface area contributed by atoms with E-state index in [1.165, 1.54) is 7.05 Å². The van der Waals surface area contributed by atoms with Crippen LogP contribution in [0.1, 0.15) is 59.1 Å². The highest BCUT2D eigenvalue weighted by atomic mass is 32.2. The van der Waals surface area contributed by atoms with Crippen molar-refractivity contribution >= 4 is 47.6 Å². The maximum absolute atomic E-state index is 13.6. The van der Waals surface area contributed by atoms with Gasteiger partial charge in [0.1, 0.15) is 5.60 Å². The number of aliphatic hydroxyl groups is 1. The van der Waals surface area contributed by atoms with E-state index < -0.39 is 17.1 Å². The minimum absolute atomic E-state index is 0.166. The molecule has 1 aromatic carbocycles. The number of hydrogen-bond donors (Lipinski definition) is 2. The molecule has 0 saturated carbocycles. The highest BCUT2D eigenvalue weighted by molar-refractivity contribution is 8.02. The molecule has 2 N–H and O–H groups in total. The fourth-order valence-electron chi connectivity index (χ4n) is 3.23. The first-order valence-electron chi connectivity index (χ1n) is 12.3. The van der Waals surface area contributed by atoms with Gasteiger partial charge in [0, 0.05) is 29.9 Å². The van der Waals surface area contributed by atoms with Crippen molar-refractivity contribution in [3.8, 4) is 0 Å². The highest BCUT2D eigenvalue weighted by Crippen LogP contribution is 2.31. The maximum Gasteiger partial charge on any atom is 0.428 e. The number of ether oxygens (including phenoxy) is 2. The molecule has 8 nitrogen and oxygen atoms in total. The van der Waals surface area contributed by atoms with Gasteiger partial charge in [-0.05, 0) is 70.9 Å². The molecule has 0 bridgehead atoms. The van der Waals surface area contributed by atoms with Crippen molar-refractivity contribution < 1.29 is 29.0 Å². The number of amides is 2. The van der Waals surface area contributed by atoms with Crippen LogP contribution < -0.4 is 5.43 Å². The number of nitrogens with zero attached hydrogens (tertiary/aromatic N) is 1. The third-order valence-corrected chi connectivity index (χ3v) is 7.50. The van der Waals surface area contributed by atoms with Gasteiger partial charge in [0.05, 0.1) is 18.6 Å². The highest BCUT2D eigenvalue weighted by Gasteiger charge is 2.36. The first-order valence-corrected chi connectivity index (χ1v) is 14.6. The second-order valence-corrected chi connectivity index (χ2v) is 12.1. The van der Waals surface area contributed by atoms with E-state index in [9.17, 15) is 14.4 Å². The Morgan fingerprint density at radius 2 is 1.73 bits per heavy atom. The van der Waals surface area contributed by atoms with Gasteiger partial charge in [0.15, 0.2) is 0 Å². The molecule has 1 aromatic rings. The lowest BCUT2D eigenvalue weighted by Gasteiger charge is -2.32. The number of benzene rings is 1. The normalized spacial score (nSPS) is 13.5. The number of hydrogen-bond acceptors (Lipinski definition) is 8. The van der Waals surface area contributed by atoms with Gasteiger partial charge in [0.2, 0.25) is 5.91 Å². The van der Waals surface area contributed by atoms with Crippen LogP contribution in [0, 0.1) is 0 Å². The maximum atomic E-state index is 13.6. The van der Waals surface area contributed by atoms with E-state index in [-0.39, 0.29) is 18.5 Å². The van der Waals surface area contributed by atoms with E-state index in [4.69, 9.17) is 14.6 Å². The quantitative estimate of drug-likeness (QED) is 0.157. The number of hydrazine groups is 1. The molecule has 0 saturated heterocycles. The summed E-state index contributed by atoms with van der Waals surface area (Å²) in [6, 6.07) is 7.48. The van der Waals surface area contributed by atoms with Crippen molar-refractivity contribution in [2.45, 2.75) is 59.0 Å². The number of carbonyl (C=O) groups is 3. The van der Waals surface area contributed by atoms with Crippen LogP contribution >= 0.6 is 23.5 Å². The monoisotopic (exact) mass is 554 g/mol. The van der Waals surface area contributed by atoms with Crippen molar-refractivity contribution in [2.75, 3.05) is 43.3 Å². The van der Waals surface area contributed by atoms with Crippen molar-refractivity contribution in [1.82, 2.24) is 10.4 Å². The van der Waals surface area contributed by atoms with E-state index in [0.29, 0.717) is 24.4 Å². The van der Waals surface area contributed by atoms with Crippen LogP contribution in [-0.4, -0.2) is 77.0 Å². The van der Waals surface area contributed by atoms with Gasteiger partial charge < -0.3 is 14.6 Å². The molecule has 1 atom stereocenters. The summed E-state index contributed by atoms with van der Waals surface area (Å²) in [5, 5.41) is 10.0. The molecule has 1 rings (SSSR count).